The summed E-state index contributed by atoms with van der Waals surface area (Å²) in [5.41, 5.74) is 1.89. The summed E-state index contributed by atoms with van der Waals surface area (Å²) in [5.74, 6) is -1.42. The van der Waals surface area contributed by atoms with Gasteiger partial charge in [0.1, 0.15) is 12.3 Å². The first-order valence-electron chi connectivity index (χ1n) is 22.7. The van der Waals surface area contributed by atoms with Crippen LogP contribution in [0.1, 0.15) is 125 Å². The number of nitrogens with zero attached hydrogens (tertiary/aromatic N) is 1. The van der Waals surface area contributed by atoms with Gasteiger partial charge in [-0.2, -0.15) is 0 Å². The number of Topliss-reactive ketones (excluding diaryl/α,β-unsaturated/α-hetero) is 1. The number of aliphatic imine (C=N–C) groups is 1. The highest BCUT2D eigenvalue weighted by molar-refractivity contribution is 6.42. The molecule has 18 atom stereocenters. The van der Waals surface area contributed by atoms with Gasteiger partial charge in [0.05, 0.1) is 74.6 Å². The van der Waals surface area contributed by atoms with Crippen molar-refractivity contribution in [3.63, 3.8) is 0 Å². The molecule has 0 aromatic heterocycles. The van der Waals surface area contributed by atoms with Crippen LogP contribution < -0.4 is 16.4 Å². The Bertz CT molecular complexity index is 1370. The smallest absolute Gasteiger partial charge is 0.180 e. The summed E-state index contributed by atoms with van der Waals surface area (Å²) >= 11 is 0. The minimum absolute atomic E-state index is 0.0150. The van der Waals surface area contributed by atoms with Crippen molar-refractivity contribution in [3.8, 4) is 0 Å². The number of aliphatic hydroxyl groups excluding tert-OH is 4. The third kappa shape index (κ3) is 7.84. The lowest BCUT2D eigenvalue weighted by molar-refractivity contribution is -0.703. The lowest BCUT2D eigenvalue weighted by atomic mass is 9.38. The normalized spacial score (nSPS) is 46.9. The van der Waals surface area contributed by atoms with Crippen molar-refractivity contribution in [2.45, 2.75) is 172 Å². The SMILES string of the molecule is CCCCCC[C@H]1CO[C@@H]([C@@H](O)[C@](C)(O)[C@@H]2CC[C@]3(O)[C@@H]4C(=NC[C@H](C)O)C(=O)[C@H]5C[C@@H](O)[C@@H](O)C[C@]5(CCC5CCC(N)[NH2+]C5)C4[C@@H](C[NH2+]C)C[C@]23C)[C@H]1C. The van der Waals surface area contributed by atoms with Gasteiger partial charge in [0.15, 0.2) is 5.78 Å². The van der Waals surface area contributed by atoms with Gasteiger partial charge in [-0.15, -0.1) is 0 Å². The zero-order chi connectivity index (χ0) is 40.8. The topological polar surface area (TPSA) is 219 Å². The molecule has 12 N–H and O–H groups in total. The summed E-state index contributed by atoms with van der Waals surface area (Å²) in [6.07, 6.45) is 6.54. The minimum atomic E-state index is -1.60. The van der Waals surface area contributed by atoms with Crippen LogP contribution in [0.25, 0.3) is 0 Å². The van der Waals surface area contributed by atoms with Gasteiger partial charge in [0, 0.05) is 35.5 Å². The molecule has 2 saturated heterocycles. The number of fused-ring (bicyclic) bond motifs is 5. The molecule has 4 aliphatic carbocycles. The highest BCUT2D eigenvalue weighted by Crippen LogP contribution is 2.71. The number of quaternary nitrogens is 2. The Morgan fingerprint density at radius 3 is 2.50 bits per heavy atom. The van der Waals surface area contributed by atoms with Crippen LogP contribution in [-0.2, 0) is 9.53 Å². The Morgan fingerprint density at radius 1 is 1.09 bits per heavy atom. The molecule has 0 bridgehead atoms. The second-order valence-corrected chi connectivity index (χ2v) is 20.4. The highest BCUT2D eigenvalue weighted by Gasteiger charge is 2.76. The van der Waals surface area contributed by atoms with Gasteiger partial charge in [0.2, 0.25) is 0 Å². The van der Waals surface area contributed by atoms with Crippen LogP contribution in [0.3, 0.4) is 0 Å². The van der Waals surface area contributed by atoms with Gasteiger partial charge in [-0.3, -0.25) is 15.5 Å². The summed E-state index contributed by atoms with van der Waals surface area (Å²) in [6.45, 7) is 12.0. The number of unbranched alkanes of at least 4 members (excludes halogenated alkanes) is 3. The van der Waals surface area contributed by atoms with E-state index in [1.165, 1.54) is 19.3 Å². The molecule has 6 aliphatic rings. The third-order valence-corrected chi connectivity index (χ3v) is 16.9. The van der Waals surface area contributed by atoms with E-state index >= 15 is 4.79 Å². The molecule has 4 saturated carbocycles. The van der Waals surface area contributed by atoms with Crippen molar-refractivity contribution >= 4 is 11.5 Å². The molecule has 322 valence electrons. The maximum atomic E-state index is 15.2. The number of carbonyl (C=O) groups excluding carboxylic acids is 1. The lowest BCUT2D eigenvalue weighted by Crippen LogP contribution is -2.95. The molecule has 2 heterocycles. The van der Waals surface area contributed by atoms with Crippen molar-refractivity contribution in [1.82, 2.24) is 0 Å². The average molecular weight is 793 g/mol. The molecule has 12 heteroatoms. The Balaban J connectivity index is 1.39. The summed E-state index contributed by atoms with van der Waals surface area (Å²) in [5, 5.41) is 76.1. The number of piperidine rings is 1. The van der Waals surface area contributed by atoms with Crippen LogP contribution in [0, 0.1) is 58.2 Å². The van der Waals surface area contributed by atoms with E-state index in [4.69, 9.17) is 15.5 Å². The molecule has 6 fully saturated rings. The number of nitrogens with two attached hydrogens (primary N) is 3. The number of hydrogen-bond acceptors (Lipinski definition) is 10. The number of ether oxygens (including phenoxy) is 1. The van der Waals surface area contributed by atoms with Crippen LogP contribution in [0.4, 0.5) is 0 Å². The van der Waals surface area contributed by atoms with E-state index in [1.807, 2.05) is 7.05 Å². The van der Waals surface area contributed by atoms with Gasteiger partial charge in [0.25, 0.3) is 0 Å². The average Bonchev–Trinajstić information content (AvgIpc) is 3.65. The molecule has 0 spiro atoms. The first kappa shape index (κ1) is 44.5. The molecule has 56 heavy (non-hydrogen) atoms. The second kappa shape index (κ2) is 17.5. The van der Waals surface area contributed by atoms with Crippen molar-refractivity contribution in [3.05, 3.63) is 0 Å². The monoisotopic (exact) mass is 793 g/mol. The summed E-state index contributed by atoms with van der Waals surface area (Å²) in [7, 11) is 2.04. The number of carbonyl (C=O) groups is 1. The lowest BCUT2D eigenvalue weighted by Gasteiger charge is -2.67. The Kier molecular flexibility index (Phi) is 13.9. The van der Waals surface area contributed by atoms with Crippen LogP contribution in [0.2, 0.25) is 0 Å². The van der Waals surface area contributed by atoms with Crippen LogP contribution in [0.5, 0.6) is 0 Å². The molecule has 2 aliphatic heterocycles. The predicted octanol–water partition coefficient (Wildman–Crippen LogP) is 0.874. The summed E-state index contributed by atoms with van der Waals surface area (Å²) in [6, 6.07) is 0. The van der Waals surface area contributed by atoms with E-state index in [0.717, 1.165) is 38.6 Å². The van der Waals surface area contributed by atoms with E-state index in [9.17, 15) is 30.6 Å². The zero-order valence-electron chi connectivity index (χ0n) is 35.5. The molecular formula is C44H80N4O8+2. The van der Waals surface area contributed by atoms with E-state index in [-0.39, 0.29) is 49.1 Å². The van der Waals surface area contributed by atoms with E-state index in [1.54, 1.807) is 13.8 Å². The standard InChI is InChI=1S/C44H78N4O8/c1-7-8-9-10-11-28-24-56-39(26(28)3)40(53)42(5,54)33-15-17-44(55)36-35(29(23-46-6)19-41(33,44)4)43(16-14-27-12-13-34(45)47-22-27)20-32(51)31(50)18-30(43)38(52)37(36)48-21-25(2)49/h25-36,39-40,46-47,49-51,53-55H,7-24,45H2,1-6H3/p+2/t25-,26-,27?,28-,29+,30+,31+,32-,33+,34?,35?,36-,39+,40+,41+,42+,43-,44-/m0/s1. The van der Waals surface area contributed by atoms with Gasteiger partial charge in [-0.25, -0.2) is 0 Å². The third-order valence-electron chi connectivity index (χ3n) is 16.9. The summed E-state index contributed by atoms with van der Waals surface area (Å²) < 4.78 is 6.32. The van der Waals surface area contributed by atoms with Crippen LogP contribution >= 0.6 is 0 Å². The number of rotatable bonds is 15. The van der Waals surface area contributed by atoms with Gasteiger partial charge in [-0.05, 0) is 101 Å². The number of aliphatic hydroxyl groups is 6. The van der Waals surface area contributed by atoms with Gasteiger partial charge >= 0.3 is 0 Å². The Morgan fingerprint density at radius 2 is 1.84 bits per heavy atom. The van der Waals surface area contributed by atoms with Crippen molar-refractivity contribution in [2.75, 3.05) is 33.3 Å². The first-order chi connectivity index (χ1) is 26.5. The van der Waals surface area contributed by atoms with Crippen molar-refractivity contribution < 1.29 is 50.8 Å². The van der Waals surface area contributed by atoms with Crippen LogP contribution in [0.15, 0.2) is 4.99 Å². The molecule has 0 amide bonds. The molecule has 0 aromatic carbocycles. The van der Waals surface area contributed by atoms with E-state index < -0.39 is 70.3 Å². The quantitative estimate of drug-likeness (QED) is 0.107. The fourth-order valence-electron chi connectivity index (χ4n) is 13.9. The van der Waals surface area contributed by atoms with E-state index in [0.29, 0.717) is 56.4 Å². The van der Waals surface area contributed by atoms with Crippen molar-refractivity contribution in [1.29, 1.82) is 0 Å². The first-order valence-corrected chi connectivity index (χ1v) is 22.7. The largest absolute Gasteiger partial charge is 0.391 e. The molecule has 3 unspecified atom stereocenters. The molecule has 6 rings (SSSR count). The highest BCUT2D eigenvalue weighted by atomic mass is 16.5. The van der Waals surface area contributed by atoms with Gasteiger partial charge in [-0.1, -0.05) is 46.5 Å². The Labute approximate surface area is 336 Å². The maximum absolute atomic E-state index is 15.2. The molecule has 12 nitrogen and oxygen atoms in total. The molecule has 0 aromatic rings. The van der Waals surface area contributed by atoms with Crippen molar-refractivity contribution in [2.24, 2.45) is 68.9 Å². The Hall–Kier alpha value is -1.06. The molecule has 0 radical (unpaired) electrons. The zero-order valence-corrected chi connectivity index (χ0v) is 35.5. The van der Waals surface area contributed by atoms with E-state index in [2.05, 4.69) is 31.4 Å². The fraction of sp³-hybridized carbons (Fsp3) is 0.955. The minimum Gasteiger partial charge on any atom is -0.391 e. The fourth-order valence-corrected chi connectivity index (χ4v) is 13.9. The molecular weight excluding hydrogens is 713 g/mol. The maximum Gasteiger partial charge on any atom is 0.180 e. The second-order valence-electron chi connectivity index (χ2n) is 20.4. The number of ketones is 1. The number of hydrogen-bond donors (Lipinski definition) is 9. The summed E-state index contributed by atoms with van der Waals surface area (Å²) in [4.78, 5) is 20.1. The van der Waals surface area contributed by atoms with Crippen LogP contribution in [-0.4, -0.2) is 123 Å². The van der Waals surface area contributed by atoms with Gasteiger partial charge < -0.3 is 46.0 Å². The predicted molar refractivity (Wildman–Crippen MR) is 214 cm³/mol.